The van der Waals surface area contributed by atoms with Gasteiger partial charge in [-0.05, 0) is 45.0 Å². The summed E-state index contributed by atoms with van der Waals surface area (Å²) >= 11 is 2.90. The van der Waals surface area contributed by atoms with E-state index >= 15 is 0 Å². The zero-order chi connectivity index (χ0) is 15.9. The quantitative estimate of drug-likeness (QED) is 0.585. The molecular weight excluding hydrogens is 318 g/mol. The highest BCUT2D eigenvalue weighted by Gasteiger charge is 2.18. The van der Waals surface area contributed by atoms with Crippen LogP contribution < -0.4 is 10.1 Å². The van der Waals surface area contributed by atoms with Crippen molar-refractivity contribution in [3.05, 3.63) is 29.8 Å². The molecule has 0 aliphatic carbocycles. The lowest BCUT2D eigenvalue weighted by Crippen LogP contribution is -2.13. The summed E-state index contributed by atoms with van der Waals surface area (Å²) in [6, 6.07) is 7.24. The molecule has 1 aromatic carbocycles. The Morgan fingerprint density at radius 2 is 2.05 bits per heavy atom. The normalized spacial score (nSPS) is 12.0. The molecular formula is C15H19N3O2S2. The number of aromatic nitrogens is 2. The van der Waals surface area contributed by atoms with Crippen molar-refractivity contribution in [1.29, 1.82) is 0 Å². The van der Waals surface area contributed by atoms with Gasteiger partial charge in [-0.1, -0.05) is 23.1 Å². The Labute approximate surface area is 138 Å². The smallest absolute Gasteiger partial charge is 0.206 e. The fourth-order valence-corrected chi connectivity index (χ4v) is 3.84. The number of anilines is 1. The number of nitrogens with one attached hydrogen (secondary N) is 1. The second kappa shape index (κ2) is 8.14. The average molecular weight is 337 g/mol. The van der Waals surface area contributed by atoms with Crippen molar-refractivity contribution >= 4 is 34.0 Å². The van der Waals surface area contributed by atoms with E-state index in [1.165, 1.54) is 23.1 Å². The highest BCUT2D eigenvalue weighted by molar-refractivity contribution is 8.02. The van der Waals surface area contributed by atoms with Crippen LogP contribution in [0.1, 0.15) is 31.1 Å². The van der Waals surface area contributed by atoms with Crippen molar-refractivity contribution in [3.63, 3.8) is 0 Å². The first-order valence-electron chi connectivity index (χ1n) is 7.15. The second-order valence-electron chi connectivity index (χ2n) is 4.49. The molecule has 2 aromatic rings. The molecule has 1 heterocycles. The summed E-state index contributed by atoms with van der Waals surface area (Å²) in [6.07, 6.45) is 0. The molecule has 1 N–H and O–H groups in total. The maximum atomic E-state index is 12.4. The fraction of sp³-hybridized carbons (Fsp3) is 0.400. The zero-order valence-electron chi connectivity index (χ0n) is 12.8. The van der Waals surface area contributed by atoms with Gasteiger partial charge in [-0.2, -0.15) is 0 Å². The number of carbonyl (C=O) groups is 1. The molecule has 0 unspecified atom stereocenters. The van der Waals surface area contributed by atoms with Crippen LogP contribution in [0, 0.1) is 0 Å². The van der Waals surface area contributed by atoms with Crippen molar-refractivity contribution < 1.29 is 9.53 Å². The monoisotopic (exact) mass is 337 g/mol. The number of Topliss-reactive ketones (excluding diaryl/α,β-unsaturated/α-hetero) is 1. The molecule has 118 valence electrons. The number of hydrogen-bond donors (Lipinski definition) is 1. The molecule has 0 saturated heterocycles. The van der Waals surface area contributed by atoms with Crippen LogP contribution in [0.15, 0.2) is 28.6 Å². The van der Waals surface area contributed by atoms with Crippen LogP contribution in [0.3, 0.4) is 0 Å². The zero-order valence-corrected chi connectivity index (χ0v) is 14.5. The largest absolute Gasteiger partial charge is 0.494 e. The summed E-state index contributed by atoms with van der Waals surface area (Å²) in [5.41, 5.74) is 0.680. The summed E-state index contributed by atoms with van der Waals surface area (Å²) in [7, 11) is 0. The first-order chi connectivity index (χ1) is 10.6. The SMILES string of the molecule is CCNc1nnc(S[C@H](C)C(=O)c2ccc(OCC)cc2)s1. The lowest BCUT2D eigenvalue weighted by molar-refractivity contribution is 0.0994. The Balaban J connectivity index is 1.98. The standard InChI is InChI=1S/C15H19N3O2S2/c1-4-16-14-17-18-15(22-14)21-10(3)13(19)11-6-8-12(9-7-11)20-5-2/h6-10H,4-5H2,1-3H3,(H,16,17)/t10-/m1/s1. The van der Waals surface area contributed by atoms with Gasteiger partial charge in [0.1, 0.15) is 5.75 Å². The van der Waals surface area contributed by atoms with E-state index in [-0.39, 0.29) is 11.0 Å². The Morgan fingerprint density at radius 3 is 2.68 bits per heavy atom. The Bertz CT molecular complexity index is 614. The number of thioether (sulfide) groups is 1. The molecule has 0 spiro atoms. The van der Waals surface area contributed by atoms with Crippen LogP contribution in [0.4, 0.5) is 5.13 Å². The topological polar surface area (TPSA) is 64.1 Å². The number of benzene rings is 1. The van der Waals surface area contributed by atoms with Crippen molar-refractivity contribution in [2.45, 2.75) is 30.4 Å². The molecule has 22 heavy (non-hydrogen) atoms. The van der Waals surface area contributed by atoms with Crippen molar-refractivity contribution in [1.82, 2.24) is 10.2 Å². The molecule has 7 heteroatoms. The Hall–Kier alpha value is -1.60. The number of hydrogen-bond acceptors (Lipinski definition) is 7. The summed E-state index contributed by atoms with van der Waals surface area (Å²) in [5.74, 6) is 0.854. The maximum absolute atomic E-state index is 12.4. The Kier molecular flexibility index (Phi) is 6.21. The fourth-order valence-electron chi connectivity index (χ4n) is 1.80. The van der Waals surface area contributed by atoms with Gasteiger partial charge in [0.15, 0.2) is 10.1 Å². The molecule has 0 fully saturated rings. The predicted octanol–water partition coefficient (Wildman–Crippen LogP) is 3.73. The number of rotatable bonds is 8. The molecule has 0 aliphatic heterocycles. The maximum Gasteiger partial charge on any atom is 0.206 e. The average Bonchev–Trinajstić information content (AvgIpc) is 2.95. The van der Waals surface area contributed by atoms with Crippen LogP contribution >= 0.6 is 23.1 Å². The summed E-state index contributed by atoms with van der Waals surface area (Å²) in [5, 5.41) is 11.8. The van der Waals surface area contributed by atoms with Crippen molar-refractivity contribution in [2.75, 3.05) is 18.5 Å². The van der Waals surface area contributed by atoms with E-state index in [1.54, 1.807) is 12.1 Å². The minimum Gasteiger partial charge on any atom is -0.494 e. The first-order valence-corrected chi connectivity index (χ1v) is 8.84. The van der Waals surface area contributed by atoms with Crippen LogP contribution in [-0.4, -0.2) is 34.4 Å². The van der Waals surface area contributed by atoms with Crippen molar-refractivity contribution in [3.8, 4) is 5.75 Å². The van der Waals surface area contributed by atoms with E-state index in [2.05, 4.69) is 15.5 Å². The van der Waals surface area contributed by atoms with Gasteiger partial charge >= 0.3 is 0 Å². The van der Waals surface area contributed by atoms with E-state index < -0.39 is 0 Å². The third-order valence-electron chi connectivity index (χ3n) is 2.83. The van der Waals surface area contributed by atoms with Gasteiger partial charge in [0, 0.05) is 12.1 Å². The molecule has 0 amide bonds. The van der Waals surface area contributed by atoms with E-state index in [0.29, 0.717) is 12.2 Å². The van der Waals surface area contributed by atoms with E-state index in [9.17, 15) is 4.79 Å². The molecule has 0 saturated carbocycles. The second-order valence-corrected chi connectivity index (χ2v) is 7.05. The number of nitrogens with zero attached hydrogens (tertiary/aromatic N) is 2. The molecule has 1 atom stereocenters. The first kappa shape index (κ1) is 16.8. The van der Waals surface area contributed by atoms with E-state index in [0.717, 1.165) is 21.8 Å². The summed E-state index contributed by atoms with van der Waals surface area (Å²) < 4.78 is 6.18. The highest BCUT2D eigenvalue weighted by atomic mass is 32.2. The molecule has 2 rings (SSSR count). The minimum atomic E-state index is -0.208. The molecule has 0 bridgehead atoms. The predicted molar refractivity (Wildman–Crippen MR) is 91.3 cm³/mol. The number of carbonyl (C=O) groups excluding carboxylic acids is 1. The molecule has 0 radical (unpaired) electrons. The van der Waals surface area contributed by atoms with Gasteiger partial charge in [0.05, 0.1) is 11.9 Å². The third-order valence-corrected chi connectivity index (χ3v) is 4.90. The van der Waals surface area contributed by atoms with Crippen LogP contribution in [-0.2, 0) is 0 Å². The lowest BCUT2D eigenvalue weighted by Gasteiger charge is -2.09. The third kappa shape index (κ3) is 4.45. The van der Waals surface area contributed by atoms with Crippen molar-refractivity contribution in [2.24, 2.45) is 0 Å². The number of ketones is 1. The highest BCUT2D eigenvalue weighted by Crippen LogP contribution is 2.30. The number of ether oxygens (including phenoxy) is 1. The van der Waals surface area contributed by atoms with Gasteiger partial charge in [-0.25, -0.2) is 0 Å². The summed E-state index contributed by atoms with van der Waals surface area (Å²) in [6.45, 7) is 7.25. The Morgan fingerprint density at radius 1 is 1.32 bits per heavy atom. The minimum absolute atomic E-state index is 0.0771. The molecule has 1 aromatic heterocycles. The lowest BCUT2D eigenvalue weighted by atomic mass is 10.1. The van der Waals surface area contributed by atoms with Gasteiger partial charge in [-0.15, -0.1) is 10.2 Å². The van der Waals surface area contributed by atoms with Gasteiger partial charge in [-0.3, -0.25) is 4.79 Å². The summed E-state index contributed by atoms with van der Waals surface area (Å²) in [4.78, 5) is 12.4. The van der Waals surface area contributed by atoms with Gasteiger partial charge in [0.2, 0.25) is 5.13 Å². The van der Waals surface area contributed by atoms with E-state index in [1.807, 2.05) is 32.9 Å². The van der Waals surface area contributed by atoms with Crippen LogP contribution in [0.5, 0.6) is 5.75 Å². The molecule has 0 aliphatic rings. The van der Waals surface area contributed by atoms with E-state index in [4.69, 9.17) is 4.74 Å². The van der Waals surface area contributed by atoms with Crippen LogP contribution in [0.25, 0.3) is 0 Å². The molecule has 5 nitrogen and oxygen atoms in total. The van der Waals surface area contributed by atoms with Crippen LogP contribution in [0.2, 0.25) is 0 Å². The van der Waals surface area contributed by atoms with Gasteiger partial charge < -0.3 is 10.1 Å². The van der Waals surface area contributed by atoms with Gasteiger partial charge in [0.25, 0.3) is 0 Å².